The van der Waals surface area contributed by atoms with E-state index in [1.807, 2.05) is 0 Å². The average Bonchev–Trinajstić information content (AvgIpc) is 3.61. The number of benzene rings is 2. The summed E-state index contributed by atoms with van der Waals surface area (Å²) in [7, 11) is 0. The maximum Gasteiger partial charge on any atom is 0.406 e. The van der Waals surface area contributed by atoms with E-state index in [9.17, 15) is 27.6 Å². The lowest BCUT2D eigenvalue weighted by Crippen LogP contribution is -2.51. The van der Waals surface area contributed by atoms with Crippen molar-refractivity contribution in [2.24, 2.45) is 5.92 Å². The Bertz CT molecular complexity index is 1000. The fraction of sp³-hybridized carbons (Fsp3) is 0.375. The number of imide groups is 1. The molecular formula is C24H24F3N3O3. The van der Waals surface area contributed by atoms with Crippen molar-refractivity contribution in [3.8, 4) is 0 Å². The van der Waals surface area contributed by atoms with E-state index in [4.69, 9.17) is 0 Å². The molecule has 1 atom stereocenters. The molecule has 0 spiro atoms. The highest BCUT2D eigenvalue weighted by Gasteiger charge is 2.54. The largest absolute Gasteiger partial charge is 0.406 e. The van der Waals surface area contributed by atoms with Crippen LogP contribution in [0.4, 0.5) is 18.0 Å². The number of nitrogens with one attached hydrogen (secondary N) is 1. The van der Waals surface area contributed by atoms with Gasteiger partial charge in [-0.25, -0.2) is 4.79 Å². The summed E-state index contributed by atoms with van der Waals surface area (Å²) in [5.74, 6) is -1.62. The third-order valence-electron chi connectivity index (χ3n) is 6.28. The Morgan fingerprint density at radius 1 is 1.06 bits per heavy atom. The van der Waals surface area contributed by atoms with E-state index in [1.165, 1.54) is 0 Å². The van der Waals surface area contributed by atoms with Gasteiger partial charge in [0.15, 0.2) is 5.54 Å². The molecule has 2 aliphatic rings. The molecule has 0 bridgehead atoms. The topological polar surface area (TPSA) is 69.7 Å². The number of hydrogen-bond donors (Lipinski definition) is 1. The average molecular weight is 459 g/mol. The van der Waals surface area contributed by atoms with Crippen LogP contribution in [0.1, 0.15) is 30.9 Å². The summed E-state index contributed by atoms with van der Waals surface area (Å²) in [6.45, 7) is -0.611. The van der Waals surface area contributed by atoms with Crippen LogP contribution >= 0.6 is 0 Å². The maximum atomic E-state index is 13.6. The third kappa shape index (κ3) is 4.44. The van der Waals surface area contributed by atoms with Crippen LogP contribution in [0.3, 0.4) is 0 Å². The zero-order chi connectivity index (χ0) is 23.8. The first-order chi connectivity index (χ1) is 15.6. The molecule has 6 nitrogen and oxygen atoms in total. The molecule has 1 N–H and O–H groups in total. The fourth-order valence-corrected chi connectivity index (χ4v) is 4.37. The summed E-state index contributed by atoms with van der Waals surface area (Å²) in [6, 6.07) is 15.7. The molecule has 174 valence electrons. The van der Waals surface area contributed by atoms with Crippen LogP contribution in [0, 0.1) is 5.92 Å². The molecule has 1 aliphatic carbocycles. The lowest BCUT2D eigenvalue weighted by atomic mass is 9.82. The van der Waals surface area contributed by atoms with Gasteiger partial charge in [0.25, 0.3) is 5.91 Å². The summed E-state index contributed by atoms with van der Waals surface area (Å²) in [5, 5.41) is 2.70. The third-order valence-corrected chi connectivity index (χ3v) is 6.28. The summed E-state index contributed by atoms with van der Waals surface area (Å²) in [5.41, 5.74) is -0.595. The number of alkyl halides is 3. The van der Waals surface area contributed by atoms with E-state index < -0.39 is 48.7 Å². The van der Waals surface area contributed by atoms with Crippen molar-refractivity contribution in [3.05, 3.63) is 71.8 Å². The first kappa shape index (κ1) is 22.8. The van der Waals surface area contributed by atoms with Crippen LogP contribution in [0.5, 0.6) is 0 Å². The van der Waals surface area contributed by atoms with Crippen LogP contribution < -0.4 is 5.32 Å². The van der Waals surface area contributed by atoms with Crippen LogP contribution in [0.15, 0.2) is 60.7 Å². The zero-order valence-electron chi connectivity index (χ0n) is 18.0. The van der Waals surface area contributed by atoms with Crippen molar-refractivity contribution in [1.82, 2.24) is 15.1 Å². The minimum atomic E-state index is -4.59. The van der Waals surface area contributed by atoms with Crippen LogP contribution in [-0.2, 0) is 15.1 Å². The predicted octanol–water partition coefficient (Wildman–Crippen LogP) is 3.67. The second-order valence-electron chi connectivity index (χ2n) is 8.52. The Hall–Kier alpha value is -3.36. The van der Waals surface area contributed by atoms with Gasteiger partial charge in [-0.15, -0.1) is 0 Å². The standard InChI is InChI=1S/C24H24F3N3O3/c1-16(17-12-13-17)30(15-23(25,26)27)20(31)14-29-21(32)24(28-22(29)33,18-8-4-2-5-9-18)19-10-6-3-7-11-19/h2-11,16-17H,12-15H2,1H3,(H,28,33). The second-order valence-corrected chi connectivity index (χ2v) is 8.52. The minimum absolute atomic E-state index is 0.00728. The monoisotopic (exact) mass is 459 g/mol. The van der Waals surface area contributed by atoms with Crippen molar-refractivity contribution in [2.45, 2.75) is 37.5 Å². The summed E-state index contributed by atoms with van der Waals surface area (Å²) < 4.78 is 39.6. The van der Waals surface area contributed by atoms with E-state index in [-0.39, 0.29) is 5.92 Å². The Morgan fingerprint density at radius 3 is 2.03 bits per heavy atom. The molecule has 4 amide bonds. The number of carbonyl (C=O) groups is 3. The molecule has 1 unspecified atom stereocenters. The van der Waals surface area contributed by atoms with Crippen molar-refractivity contribution in [1.29, 1.82) is 0 Å². The van der Waals surface area contributed by atoms with Gasteiger partial charge in [-0.1, -0.05) is 60.7 Å². The van der Waals surface area contributed by atoms with E-state index in [2.05, 4.69) is 5.32 Å². The summed E-state index contributed by atoms with van der Waals surface area (Å²) >= 11 is 0. The Labute approximate surface area is 189 Å². The summed E-state index contributed by atoms with van der Waals surface area (Å²) in [6.07, 6.45) is -3.10. The van der Waals surface area contributed by atoms with Gasteiger partial charge in [-0.2, -0.15) is 13.2 Å². The minimum Gasteiger partial charge on any atom is -0.329 e. The molecule has 2 fully saturated rings. The normalized spacial score (nSPS) is 18.7. The van der Waals surface area contributed by atoms with Gasteiger partial charge >= 0.3 is 12.2 Å². The molecule has 1 heterocycles. The molecular weight excluding hydrogens is 435 g/mol. The van der Waals surface area contributed by atoms with Crippen LogP contribution in [0.25, 0.3) is 0 Å². The highest BCUT2D eigenvalue weighted by molar-refractivity contribution is 6.11. The zero-order valence-corrected chi connectivity index (χ0v) is 18.0. The first-order valence-electron chi connectivity index (χ1n) is 10.7. The molecule has 33 heavy (non-hydrogen) atoms. The van der Waals surface area contributed by atoms with Crippen LogP contribution in [0.2, 0.25) is 0 Å². The first-order valence-corrected chi connectivity index (χ1v) is 10.7. The molecule has 1 saturated heterocycles. The van der Waals surface area contributed by atoms with E-state index in [0.717, 1.165) is 17.7 Å². The highest BCUT2D eigenvalue weighted by atomic mass is 19.4. The van der Waals surface area contributed by atoms with E-state index in [1.54, 1.807) is 67.6 Å². The van der Waals surface area contributed by atoms with Gasteiger partial charge < -0.3 is 10.2 Å². The van der Waals surface area contributed by atoms with Gasteiger partial charge in [0, 0.05) is 6.04 Å². The lowest BCUT2D eigenvalue weighted by Gasteiger charge is -2.31. The molecule has 0 radical (unpaired) electrons. The molecule has 0 aromatic heterocycles. The quantitative estimate of drug-likeness (QED) is 0.643. The number of carbonyl (C=O) groups excluding carboxylic acids is 3. The maximum absolute atomic E-state index is 13.6. The van der Waals surface area contributed by atoms with Gasteiger partial charge in [0.2, 0.25) is 5.91 Å². The van der Waals surface area contributed by atoms with Gasteiger partial charge in [0.1, 0.15) is 13.1 Å². The number of amides is 4. The number of urea groups is 1. The highest BCUT2D eigenvalue weighted by Crippen LogP contribution is 2.38. The molecule has 4 rings (SSSR count). The van der Waals surface area contributed by atoms with Crippen molar-refractivity contribution < 1.29 is 27.6 Å². The molecule has 9 heteroatoms. The van der Waals surface area contributed by atoms with Crippen molar-refractivity contribution in [2.75, 3.05) is 13.1 Å². The van der Waals surface area contributed by atoms with E-state index in [0.29, 0.717) is 16.0 Å². The van der Waals surface area contributed by atoms with Gasteiger partial charge in [-0.05, 0) is 36.8 Å². The van der Waals surface area contributed by atoms with Gasteiger partial charge in [0.05, 0.1) is 0 Å². The smallest absolute Gasteiger partial charge is 0.329 e. The van der Waals surface area contributed by atoms with Crippen molar-refractivity contribution >= 4 is 17.8 Å². The molecule has 2 aromatic rings. The van der Waals surface area contributed by atoms with Crippen molar-refractivity contribution in [3.63, 3.8) is 0 Å². The Morgan fingerprint density at radius 2 is 1.58 bits per heavy atom. The number of hydrogen-bond acceptors (Lipinski definition) is 3. The number of rotatable bonds is 7. The van der Waals surface area contributed by atoms with E-state index >= 15 is 0 Å². The molecule has 1 saturated carbocycles. The van der Waals surface area contributed by atoms with Gasteiger partial charge in [-0.3, -0.25) is 14.5 Å². The number of nitrogens with zero attached hydrogens (tertiary/aromatic N) is 2. The molecule has 1 aliphatic heterocycles. The second kappa shape index (κ2) is 8.53. The predicted molar refractivity (Wildman–Crippen MR) is 114 cm³/mol. The SMILES string of the molecule is CC(C1CC1)N(CC(F)(F)F)C(=O)CN1C(=O)NC(c2ccccc2)(c2ccccc2)C1=O. The molecule has 2 aromatic carbocycles. The fourth-order valence-electron chi connectivity index (χ4n) is 4.37. The number of halogens is 3. The van der Waals surface area contributed by atoms with Crippen LogP contribution in [-0.4, -0.2) is 53.0 Å². The lowest BCUT2D eigenvalue weighted by molar-refractivity contribution is -0.166. The Kier molecular flexibility index (Phi) is 5.90. The Balaban J connectivity index is 1.66. The summed E-state index contributed by atoms with van der Waals surface area (Å²) in [4.78, 5) is 41.0.